The van der Waals surface area contributed by atoms with Gasteiger partial charge in [0.15, 0.2) is 0 Å². The van der Waals surface area contributed by atoms with Crippen LogP contribution in [0.15, 0.2) is 36.5 Å². The maximum Gasteiger partial charge on any atom is 0.212 e. The predicted molar refractivity (Wildman–Crippen MR) is 81.7 cm³/mol. The van der Waals surface area contributed by atoms with E-state index in [0.29, 0.717) is 5.88 Å². The monoisotopic (exact) mass is 355 g/mol. The molecule has 0 saturated heterocycles. The minimum Gasteiger partial charge on any atom is -0.481 e. The number of nitrogens with zero attached hydrogens (tertiary/aromatic N) is 1. The lowest BCUT2D eigenvalue weighted by molar-refractivity contribution is 0.397. The molecule has 0 radical (unpaired) electrons. The van der Waals surface area contributed by atoms with Crippen molar-refractivity contribution in [2.45, 2.75) is 6.54 Å². The Morgan fingerprint density at radius 3 is 2.78 bits per heavy atom. The van der Waals surface area contributed by atoms with Gasteiger partial charge in [0.25, 0.3) is 0 Å². The van der Waals surface area contributed by atoms with E-state index in [1.165, 1.54) is 0 Å². The second kappa shape index (κ2) is 5.90. The second-order valence-corrected chi connectivity index (χ2v) is 4.96. The molecule has 1 aromatic carbocycles. The van der Waals surface area contributed by atoms with Gasteiger partial charge in [-0.2, -0.15) is 0 Å². The van der Waals surface area contributed by atoms with Crippen molar-refractivity contribution in [3.8, 4) is 5.88 Å². The van der Waals surface area contributed by atoms with Crippen molar-refractivity contribution < 1.29 is 4.74 Å². The van der Waals surface area contributed by atoms with Crippen molar-refractivity contribution in [3.63, 3.8) is 0 Å². The van der Waals surface area contributed by atoms with Gasteiger partial charge in [-0.1, -0.05) is 6.07 Å². The molecule has 2 rings (SSSR count). The fourth-order valence-electron chi connectivity index (χ4n) is 1.51. The summed E-state index contributed by atoms with van der Waals surface area (Å²) in [4.78, 5) is 4.16. The number of hydrogen-bond donors (Lipinski definition) is 2. The Bertz CT molecular complexity index is 528. The first kappa shape index (κ1) is 12.9. The lowest BCUT2D eigenvalue weighted by Gasteiger charge is -2.09. The zero-order chi connectivity index (χ0) is 13.0. The van der Waals surface area contributed by atoms with Crippen LogP contribution in [0.25, 0.3) is 0 Å². The lowest BCUT2D eigenvalue weighted by atomic mass is 10.2. The van der Waals surface area contributed by atoms with Crippen molar-refractivity contribution in [1.82, 2.24) is 4.98 Å². The highest BCUT2D eigenvalue weighted by Gasteiger charge is 2.00. The average Bonchev–Trinajstić information content (AvgIpc) is 2.38. The highest BCUT2D eigenvalue weighted by Crippen LogP contribution is 2.21. The van der Waals surface area contributed by atoms with E-state index < -0.39 is 0 Å². The molecule has 0 atom stereocenters. The van der Waals surface area contributed by atoms with Gasteiger partial charge in [-0.15, -0.1) is 0 Å². The molecule has 4 nitrogen and oxygen atoms in total. The van der Waals surface area contributed by atoms with Crippen LogP contribution in [-0.2, 0) is 6.54 Å². The standard InChI is InChI=1S/C13H14IN3O/c1-18-13-5-2-9(8-17-13)7-16-12-4-3-10(15)6-11(12)14/h2-6,8,16H,7,15H2,1H3. The first-order chi connectivity index (χ1) is 8.69. The summed E-state index contributed by atoms with van der Waals surface area (Å²) in [6.45, 7) is 0.719. The van der Waals surface area contributed by atoms with E-state index in [4.69, 9.17) is 10.5 Å². The molecule has 0 aliphatic carbocycles. The number of aromatic nitrogens is 1. The van der Waals surface area contributed by atoms with Crippen molar-refractivity contribution in [2.75, 3.05) is 18.2 Å². The number of benzene rings is 1. The fourth-order valence-corrected chi connectivity index (χ4v) is 2.24. The first-order valence-electron chi connectivity index (χ1n) is 5.47. The van der Waals surface area contributed by atoms with Gasteiger partial charge in [0.05, 0.1) is 7.11 Å². The number of ether oxygens (including phenoxy) is 1. The molecule has 3 N–H and O–H groups in total. The Balaban J connectivity index is 2.02. The normalized spacial score (nSPS) is 10.1. The van der Waals surface area contributed by atoms with E-state index in [2.05, 4.69) is 32.9 Å². The minimum absolute atomic E-state index is 0.626. The van der Waals surface area contributed by atoms with Crippen LogP contribution in [-0.4, -0.2) is 12.1 Å². The van der Waals surface area contributed by atoms with Crippen molar-refractivity contribution >= 4 is 34.0 Å². The molecule has 5 heteroatoms. The van der Waals surface area contributed by atoms with Gasteiger partial charge in [-0.05, 0) is 46.4 Å². The molecular weight excluding hydrogens is 341 g/mol. The molecule has 0 amide bonds. The van der Waals surface area contributed by atoms with Gasteiger partial charge in [-0.3, -0.25) is 0 Å². The van der Waals surface area contributed by atoms with Gasteiger partial charge >= 0.3 is 0 Å². The Labute approximate surface area is 120 Å². The Kier molecular flexibility index (Phi) is 4.24. The molecule has 0 aliphatic heterocycles. The molecule has 0 bridgehead atoms. The van der Waals surface area contributed by atoms with Gasteiger partial charge in [0.1, 0.15) is 0 Å². The molecule has 0 fully saturated rings. The second-order valence-electron chi connectivity index (χ2n) is 3.80. The number of nitrogens with two attached hydrogens (primary N) is 1. The number of halogens is 1. The Morgan fingerprint density at radius 2 is 2.17 bits per heavy atom. The summed E-state index contributed by atoms with van der Waals surface area (Å²) in [5.74, 6) is 0.626. The third-order valence-electron chi connectivity index (χ3n) is 2.48. The number of nitrogen functional groups attached to an aromatic ring is 1. The highest BCUT2D eigenvalue weighted by molar-refractivity contribution is 14.1. The van der Waals surface area contributed by atoms with Crippen LogP contribution >= 0.6 is 22.6 Å². The van der Waals surface area contributed by atoms with Crippen molar-refractivity contribution in [2.24, 2.45) is 0 Å². The molecule has 18 heavy (non-hydrogen) atoms. The van der Waals surface area contributed by atoms with Crippen LogP contribution < -0.4 is 15.8 Å². The van der Waals surface area contributed by atoms with Crippen LogP contribution in [0.4, 0.5) is 11.4 Å². The molecule has 1 aromatic heterocycles. The average molecular weight is 355 g/mol. The number of anilines is 2. The summed E-state index contributed by atoms with van der Waals surface area (Å²) in [7, 11) is 1.61. The van der Waals surface area contributed by atoms with Gasteiger partial charge in [-0.25, -0.2) is 4.98 Å². The SMILES string of the molecule is COc1ccc(CNc2ccc(N)cc2I)cn1. The van der Waals surface area contributed by atoms with Gasteiger partial charge in [0, 0.05) is 33.8 Å². The maximum absolute atomic E-state index is 5.71. The first-order valence-corrected chi connectivity index (χ1v) is 6.55. The number of nitrogens with one attached hydrogen (secondary N) is 1. The van der Waals surface area contributed by atoms with Crippen LogP contribution in [0.5, 0.6) is 5.88 Å². The summed E-state index contributed by atoms with van der Waals surface area (Å²) in [5.41, 5.74) is 8.65. The maximum atomic E-state index is 5.71. The molecule has 0 spiro atoms. The summed E-state index contributed by atoms with van der Waals surface area (Å²) < 4.78 is 6.12. The number of methoxy groups -OCH3 is 1. The Hall–Kier alpha value is -1.50. The highest BCUT2D eigenvalue weighted by atomic mass is 127. The summed E-state index contributed by atoms with van der Waals surface area (Å²) in [6, 6.07) is 9.65. The fraction of sp³-hybridized carbons (Fsp3) is 0.154. The van der Waals surface area contributed by atoms with Crippen LogP contribution in [0.3, 0.4) is 0 Å². The summed E-state index contributed by atoms with van der Waals surface area (Å²) >= 11 is 2.26. The summed E-state index contributed by atoms with van der Waals surface area (Å²) in [6.07, 6.45) is 1.80. The molecular formula is C13H14IN3O. The number of pyridine rings is 1. The van der Waals surface area contributed by atoms with Crippen molar-refractivity contribution in [1.29, 1.82) is 0 Å². The largest absolute Gasteiger partial charge is 0.481 e. The summed E-state index contributed by atoms with van der Waals surface area (Å²) in [5, 5.41) is 3.35. The smallest absolute Gasteiger partial charge is 0.212 e. The van der Waals surface area contributed by atoms with Crippen LogP contribution in [0.2, 0.25) is 0 Å². The van der Waals surface area contributed by atoms with E-state index in [9.17, 15) is 0 Å². The minimum atomic E-state index is 0.626. The quantitative estimate of drug-likeness (QED) is 0.654. The molecule has 2 aromatic rings. The zero-order valence-corrected chi connectivity index (χ0v) is 12.1. The third kappa shape index (κ3) is 3.25. The van der Waals surface area contributed by atoms with Crippen LogP contribution in [0.1, 0.15) is 5.56 Å². The molecule has 0 unspecified atom stereocenters. The van der Waals surface area contributed by atoms with E-state index in [1.807, 2.05) is 30.3 Å². The Morgan fingerprint density at radius 1 is 1.33 bits per heavy atom. The number of rotatable bonds is 4. The van der Waals surface area contributed by atoms with E-state index in [-0.39, 0.29) is 0 Å². The number of hydrogen-bond acceptors (Lipinski definition) is 4. The molecule has 1 heterocycles. The van der Waals surface area contributed by atoms with E-state index in [0.717, 1.165) is 27.1 Å². The molecule has 0 aliphatic rings. The van der Waals surface area contributed by atoms with Gasteiger partial charge < -0.3 is 15.8 Å². The molecule has 0 saturated carbocycles. The topological polar surface area (TPSA) is 60.2 Å². The van der Waals surface area contributed by atoms with Crippen LogP contribution in [0, 0.1) is 3.57 Å². The lowest BCUT2D eigenvalue weighted by Crippen LogP contribution is -2.02. The zero-order valence-electron chi connectivity index (χ0n) is 9.98. The van der Waals surface area contributed by atoms with E-state index >= 15 is 0 Å². The molecule has 94 valence electrons. The third-order valence-corrected chi connectivity index (χ3v) is 3.38. The predicted octanol–water partition coefficient (Wildman–Crippen LogP) is 2.89. The van der Waals surface area contributed by atoms with Gasteiger partial charge in [0.2, 0.25) is 5.88 Å². The van der Waals surface area contributed by atoms with E-state index in [1.54, 1.807) is 13.3 Å². The van der Waals surface area contributed by atoms with Crippen molar-refractivity contribution in [3.05, 3.63) is 45.7 Å².